The number of carbonyl (C=O) groups is 1. The fourth-order valence-electron chi connectivity index (χ4n) is 0.903. The van der Waals surface area contributed by atoms with Crippen LogP contribution in [0.15, 0.2) is 45.8 Å². The summed E-state index contributed by atoms with van der Waals surface area (Å²) < 4.78 is 0. The lowest BCUT2D eigenvalue weighted by atomic mass is 10.2. The van der Waals surface area contributed by atoms with Crippen LogP contribution in [0, 0.1) is 0 Å². The fourth-order valence-corrected chi connectivity index (χ4v) is 0.903. The first-order chi connectivity index (χ1) is 4.86. The maximum absolute atomic E-state index is 10.6. The third kappa shape index (κ3) is 0.639. The normalized spacial score (nSPS) is 20.6. The van der Waals surface area contributed by atoms with Crippen molar-refractivity contribution in [1.29, 1.82) is 0 Å². The summed E-state index contributed by atoms with van der Waals surface area (Å²) in [6.07, 6.45) is 6.98. The molecule has 1 aliphatic carbocycles. The summed E-state index contributed by atoms with van der Waals surface area (Å²) in [5.41, 5.74) is 1.64. The Labute approximate surface area is 57.5 Å². The highest BCUT2D eigenvalue weighted by Crippen LogP contribution is 2.22. The zero-order chi connectivity index (χ0) is 6.97. The largest absolute Gasteiger partial charge is 0.288 e. The second kappa shape index (κ2) is 1.73. The van der Waals surface area contributed by atoms with Gasteiger partial charge in [0.2, 0.25) is 0 Å². The molecule has 0 bridgehead atoms. The molecule has 0 aromatic rings. The average Bonchev–Trinajstić information content (AvgIpc) is 2.33. The number of hydrogen-bond acceptors (Lipinski definition) is 2. The molecule has 1 heterocycles. The molecule has 0 spiro atoms. The Kier molecular flexibility index (Phi) is 0.917. The van der Waals surface area contributed by atoms with Crippen molar-refractivity contribution in [2.45, 2.75) is 0 Å². The zero-order valence-corrected chi connectivity index (χ0v) is 5.11. The van der Waals surface area contributed by atoms with E-state index in [-0.39, 0.29) is 5.91 Å². The van der Waals surface area contributed by atoms with Gasteiger partial charge in [0.1, 0.15) is 0 Å². The molecule has 1 amide bonds. The summed E-state index contributed by atoms with van der Waals surface area (Å²) in [6.45, 7) is 0. The summed E-state index contributed by atoms with van der Waals surface area (Å²) in [6, 6.07) is 0. The molecule has 0 saturated heterocycles. The quantitative estimate of drug-likeness (QED) is 0.490. The third-order valence-corrected chi connectivity index (χ3v) is 1.36. The molecule has 0 N–H and O–H groups in total. The van der Waals surface area contributed by atoms with Crippen molar-refractivity contribution in [3.05, 3.63) is 35.6 Å². The van der Waals surface area contributed by atoms with E-state index in [1.165, 1.54) is 6.08 Å². The fraction of sp³-hybridized carbons (Fsp3) is 0. The van der Waals surface area contributed by atoms with Crippen LogP contribution in [0.2, 0.25) is 0 Å². The number of hydrogen-bond donors (Lipinski definition) is 0. The lowest BCUT2D eigenvalue weighted by molar-refractivity contribution is -0.114. The van der Waals surface area contributed by atoms with E-state index in [4.69, 9.17) is 0 Å². The second-order valence-electron chi connectivity index (χ2n) is 2.05. The van der Waals surface area contributed by atoms with Crippen molar-refractivity contribution in [3.8, 4) is 0 Å². The highest BCUT2D eigenvalue weighted by atomic mass is 16.1. The third-order valence-electron chi connectivity index (χ3n) is 1.36. The van der Waals surface area contributed by atoms with E-state index in [2.05, 4.69) is 10.2 Å². The smallest absolute Gasteiger partial charge is 0.266 e. The zero-order valence-electron chi connectivity index (χ0n) is 5.11. The molecule has 3 heteroatoms. The molecule has 0 unspecified atom stereocenters. The second-order valence-corrected chi connectivity index (χ2v) is 2.05. The molecule has 0 aromatic carbocycles. The first-order valence-corrected chi connectivity index (χ1v) is 2.92. The minimum absolute atomic E-state index is 0.279. The van der Waals surface area contributed by atoms with Crippen molar-refractivity contribution in [2.75, 3.05) is 0 Å². The van der Waals surface area contributed by atoms with E-state index in [0.29, 0.717) is 0 Å². The summed E-state index contributed by atoms with van der Waals surface area (Å²) in [7, 11) is 0. The molecule has 3 nitrogen and oxygen atoms in total. The molecule has 0 radical (unpaired) electrons. The molecule has 48 valence electrons. The minimum Gasteiger partial charge on any atom is -0.266 e. The van der Waals surface area contributed by atoms with Crippen LogP contribution in [0.4, 0.5) is 0 Å². The van der Waals surface area contributed by atoms with E-state index in [1.807, 2.05) is 18.2 Å². The molecular weight excluding hydrogens is 128 g/mol. The molecule has 1 aliphatic heterocycles. The predicted octanol–water partition coefficient (Wildman–Crippen LogP) is 1.36. The lowest BCUT2D eigenvalue weighted by Gasteiger charge is -1.98. The predicted molar refractivity (Wildman–Crippen MR) is 35.2 cm³/mol. The number of rotatable bonds is 0. The van der Waals surface area contributed by atoms with Gasteiger partial charge in [-0.15, -0.1) is 10.2 Å². The monoisotopic (exact) mass is 132 g/mol. The van der Waals surface area contributed by atoms with Gasteiger partial charge in [0.25, 0.3) is 5.91 Å². The van der Waals surface area contributed by atoms with Crippen molar-refractivity contribution < 1.29 is 4.79 Å². The molecule has 0 aromatic heterocycles. The van der Waals surface area contributed by atoms with Crippen LogP contribution in [0.3, 0.4) is 0 Å². The highest BCUT2D eigenvalue weighted by Gasteiger charge is 2.11. The van der Waals surface area contributed by atoms with E-state index < -0.39 is 0 Å². The maximum Gasteiger partial charge on any atom is 0.288 e. The average molecular weight is 132 g/mol. The Bertz CT molecular complexity index is 308. The summed E-state index contributed by atoms with van der Waals surface area (Å²) in [4.78, 5) is 10.6. The number of azo groups is 1. The van der Waals surface area contributed by atoms with Gasteiger partial charge >= 0.3 is 0 Å². The summed E-state index contributed by atoms with van der Waals surface area (Å²) in [5.74, 6) is -0.279. The van der Waals surface area contributed by atoms with Crippen LogP contribution in [0.5, 0.6) is 0 Å². The van der Waals surface area contributed by atoms with Crippen LogP contribution in [-0.2, 0) is 4.79 Å². The Morgan fingerprint density at radius 2 is 2.20 bits per heavy atom. The summed E-state index contributed by atoms with van der Waals surface area (Å²) >= 11 is 0. The Hall–Kier alpha value is -1.51. The van der Waals surface area contributed by atoms with Crippen molar-refractivity contribution in [1.82, 2.24) is 0 Å². The van der Waals surface area contributed by atoms with E-state index >= 15 is 0 Å². The van der Waals surface area contributed by atoms with Gasteiger partial charge < -0.3 is 0 Å². The minimum atomic E-state index is -0.279. The van der Waals surface area contributed by atoms with Gasteiger partial charge in [-0.2, -0.15) is 0 Å². The Balaban J connectivity index is 2.51. The van der Waals surface area contributed by atoms with Gasteiger partial charge in [-0.1, -0.05) is 12.2 Å². The highest BCUT2D eigenvalue weighted by molar-refractivity contribution is 5.91. The number of allylic oxidation sites excluding steroid dienone is 3. The van der Waals surface area contributed by atoms with E-state index in [0.717, 1.165) is 11.3 Å². The van der Waals surface area contributed by atoms with Gasteiger partial charge in [-0.3, -0.25) is 4.79 Å². The Morgan fingerprint density at radius 3 is 3.10 bits per heavy atom. The first-order valence-electron chi connectivity index (χ1n) is 2.92. The lowest BCUT2D eigenvalue weighted by Crippen LogP contribution is -1.94. The number of nitrogens with zero attached hydrogens (tertiary/aromatic N) is 2. The molecule has 0 atom stereocenters. The number of amides is 1. The van der Waals surface area contributed by atoms with Gasteiger partial charge in [0.15, 0.2) is 0 Å². The van der Waals surface area contributed by atoms with Crippen molar-refractivity contribution in [2.24, 2.45) is 10.2 Å². The van der Waals surface area contributed by atoms with E-state index in [9.17, 15) is 4.79 Å². The number of fused-ring (bicyclic) bond motifs is 1. The number of carbonyl (C=O) groups excluding carboxylic acids is 1. The maximum atomic E-state index is 10.6. The molecule has 0 fully saturated rings. The van der Waals surface area contributed by atoms with Crippen LogP contribution in [0.1, 0.15) is 0 Å². The molecule has 0 saturated carbocycles. The van der Waals surface area contributed by atoms with E-state index in [1.54, 1.807) is 0 Å². The van der Waals surface area contributed by atoms with Gasteiger partial charge in [-0.25, -0.2) is 0 Å². The van der Waals surface area contributed by atoms with Crippen molar-refractivity contribution in [3.63, 3.8) is 0 Å². The first kappa shape index (κ1) is 5.29. The molecule has 2 aliphatic rings. The van der Waals surface area contributed by atoms with Crippen LogP contribution in [-0.4, -0.2) is 5.91 Å². The van der Waals surface area contributed by atoms with Gasteiger partial charge in [0.05, 0.1) is 5.70 Å². The molecule has 2 rings (SSSR count). The van der Waals surface area contributed by atoms with Gasteiger partial charge in [0, 0.05) is 11.6 Å². The van der Waals surface area contributed by atoms with Crippen LogP contribution < -0.4 is 0 Å². The van der Waals surface area contributed by atoms with Crippen molar-refractivity contribution >= 4 is 5.91 Å². The SMILES string of the molecule is O=C1C=C2C=CC=C2N=N1. The van der Waals surface area contributed by atoms with Crippen LogP contribution >= 0.6 is 0 Å². The van der Waals surface area contributed by atoms with Gasteiger partial charge in [-0.05, 0) is 6.08 Å². The standard InChI is InChI=1S/C7H4N2O/c10-7-4-5-2-1-3-6(5)8-9-7/h1-4H. The topological polar surface area (TPSA) is 41.8 Å². The molecular formula is C7H4N2O. The molecule has 10 heavy (non-hydrogen) atoms. The summed E-state index contributed by atoms with van der Waals surface area (Å²) in [5, 5.41) is 7.05. The van der Waals surface area contributed by atoms with Crippen LogP contribution in [0.25, 0.3) is 0 Å². The Morgan fingerprint density at radius 1 is 1.30 bits per heavy atom.